The monoisotopic (exact) mass is 502 g/mol. The van der Waals surface area contributed by atoms with Gasteiger partial charge in [-0.25, -0.2) is 4.79 Å². The van der Waals surface area contributed by atoms with Crippen LogP contribution in [0.5, 0.6) is 5.75 Å². The number of benzene rings is 1. The normalized spacial score (nSPS) is 11.4. The summed E-state index contributed by atoms with van der Waals surface area (Å²) in [5.41, 5.74) is 1.68. The molecule has 0 saturated carbocycles. The van der Waals surface area contributed by atoms with Gasteiger partial charge in [0.2, 0.25) is 5.91 Å². The Balaban J connectivity index is 1.59. The van der Waals surface area contributed by atoms with Crippen molar-refractivity contribution in [2.24, 2.45) is 0 Å². The van der Waals surface area contributed by atoms with E-state index in [2.05, 4.69) is 48.4 Å². The maximum absolute atomic E-state index is 12.5. The summed E-state index contributed by atoms with van der Waals surface area (Å²) < 4.78 is 12.6. The molecule has 0 spiro atoms. The van der Waals surface area contributed by atoms with Crippen LogP contribution < -0.4 is 10.1 Å². The Labute approximate surface area is 208 Å². The van der Waals surface area contributed by atoms with Gasteiger partial charge >= 0.3 is 5.97 Å². The molecule has 2 heterocycles. The summed E-state index contributed by atoms with van der Waals surface area (Å²) in [7, 11) is 1.32. The van der Waals surface area contributed by atoms with Gasteiger partial charge in [-0.3, -0.25) is 4.79 Å². The number of ether oxygens (including phenoxy) is 2. The molecule has 0 radical (unpaired) electrons. The topological polar surface area (TPSA) is 95.3 Å². The van der Waals surface area contributed by atoms with Crippen molar-refractivity contribution in [3.05, 3.63) is 52.2 Å². The maximum Gasteiger partial charge on any atom is 0.340 e. The van der Waals surface area contributed by atoms with Crippen molar-refractivity contribution in [1.29, 1.82) is 0 Å². The fourth-order valence-corrected chi connectivity index (χ4v) is 4.95. The molecule has 1 N–H and O–H groups in total. The second kappa shape index (κ2) is 11.1. The molecule has 0 aliphatic rings. The zero-order chi connectivity index (χ0) is 24.9. The molecule has 3 rings (SSSR count). The quantitative estimate of drug-likeness (QED) is 0.323. The number of hydrogen-bond acceptors (Lipinski definition) is 8. The summed E-state index contributed by atoms with van der Waals surface area (Å²) in [4.78, 5) is 25.3. The maximum atomic E-state index is 12.5. The van der Waals surface area contributed by atoms with E-state index in [1.807, 2.05) is 30.5 Å². The molecular formula is C24H30N4O4S2. The van der Waals surface area contributed by atoms with Gasteiger partial charge in [0.15, 0.2) is 11.0 Å². The molecule has 1 aromatic carbocycles. The lowest BCUT2D eigenvalue weighted by Gasteiger charge is -2.19. The summed E-state index contributed by atoms with van der Waals surface area (Å²) in [5.74, 6) is 0.868. The fourth-order valence-electron chi connectivity index (χ4n) is 3.21. The van der Waals surface area contributed by atoms with E-state index < -0.39 is 5.97 Å². The highest BCUT2D eigenvalue weighted by atomic mass is 32.2. The first-order chi connectivity index (χ1) is 16.1. The molecule has 0 unspecified atom stereocenters. The molecule has 1 amide bonds. The van der Waals surface area contributed by atoms with Gasteiger partial charge in [-0.1, -0.05) is 44.7 Å². The Morgan fingerprint density at radius 1 is 1.18 bits per heavy atom. The summed E-state index contributed by atoms with van der Waals surface area (Å²) in [6.07, 6.45) is 0. The summed E-state index contributed by atoms with van der Waals surface area (Å²) >= 11 is 2.62. The molecule has 3 aromatic rings. The highest BCUT2D eigenvalue weighted by molar-refractivity contribution is 7.99. The van der Waals surface area contributed by atoms with Crippen LogP contribution in [0.25, 0.3) is 0 Å². The third-order valence-corrected chi connectivity index (χ3v) is 6.98. The molecule has 0 fully saturated rings. The van der Waals surface area contributed by atoms with Crippen molar-refractivity contribution in [3.8, 4) is 5.75 Å². The smallest absolute Gasteiger partial charge is 0.340 e. The summed E-state index contributed by atoms with van der Waals surface area (Å²) in [6.45, 7) is 11.3. The number of anilines is 1. The first kappa shape index (κ1) is 25.8. The van der Waals surface area contributed by atoms with Crippen molar-refractivity contribution < 1.29 is 19.1 Å². The molecule has 0 aliphatic carbocycles. The van der Waals surface area contributed by atoms with E-state index in [-0.39, 0.29) is 23.7 Å². The minimum absolute atomic E-state index is 0.0859. The number of amides is 1. The highest BCUT2D eigenvalue weighted by Crippen LogP contribution is 2.29. The van der Waals surface area contributed by atoms with Crippen LogP contribution in [0.3, 0.4) is 0 Å². The summed E-state index contributed by atoms with van der Waals surface area (Å²) in [6, 6.07) is 9.76. The van der Waals surface area contributed by atoms with E-state index in [1.165, 1.54) is 35.8 Å². The number of carbonyl (C=O) groups is 2. The van der Waals surface area contributed by atoms with Gasteiger partial charge in [0.1, 0.15) is 17.4 Å². The Hall–Kier alpha value is -2.85. The van der Waals surface area contributed by atoms with Gasteiger partial charge in [-0.15, -0.1) is 21.5 Å². The lowest BCUT2D eigenvalue weighted by Crippen LogP contribution is -2.16. The lowest BCUT2D eigenvalue weighted by molar-refractivity contribution is -0.113. The van der Waals surface area contributed by atoms with E-state index in [1.54, 1.807) is 6.07 Å². The van der Waals surface area contributed by atoms with Crippen LogP contribution in [0.15, 0.2) is 35.5 Å². The zero-order valence-electron chi connectivity index (χ0n) is 20.3. The second-order valence-corrected chi connectivity index (χ2v) is 10.8. The van der Waals surface area contributed by atoms with Gasteiger partial charge in [-0.05, 0) is 43.0 Å². The number of methoxy groups -OCH3 is 1. The number of thioether (sulfide) groups is 1. The van der Waals surface area contributed by atoms with Crippen LogP contribution in [0.4, 0.5) is 5.00 Å². The van der Waals surface area contributed by atoms with Crippen LogP contribution in [0.2, 0.25) is 0 Å². The third kappa shape index (κ3) is 6.38. The van der Waals surface area contributed by atoms with Crippen LogP contribution in [0.1, 0.15) is 54.3 Å². The number of esters is 1. The van der Waals surface area contributed by atoms with Gasteiger partial charge in [0, 0.05) is 11.4 Å². The number of rotatable bonds is 9. The molecule has 34 heavy (non-hydrogen) atoms. The van der Waals surface area contributed by atoms with E-state index in [4.69, 9.17) is 9.47 Å². The number of thiophene rings is 1. The van der Waals surface area contributed by atoms with Crippen molar-refractivity contribution in [2.45, 2.75) is 58.3 Å². The number of hydrogen-bond donors (Lipinski definition) is 1. The number of nitrogens with one attached hydrogen (secondary N) is 1. The average Bonchev–Trinajstić information content (AvgIpc) is 3.37. The van der Waals surface area contributed by atoms with E-state index in [9.17, 15) is 9.59 Å². The van der Waals surface area contributed by atoms with Gasteiger partial charge in [0.05, 0.1) is 18.4 Å². The zero-order valence-corrected chi connectivity index (χ0v) is 21.9. The summed E-state index contributed by atoms with van der Waals surface area (Å²) in [5, 5.41) is 12.4. The molecule has 0 bridgehead atoms. The van der Waals surface area contributed by atoms with Crippen LogP contribution in [0, 0.1) is 6.92 Å². The molecule has 182 valence electrons. The molecule has 10 heteroatoms. The van der Waals surface area contributed by atoms with Crippen molar-refractivity contribution >= 4 is 40.0 Å². The van der Waals surface area contributed by atoms with Crippen molar-refractivity contribution in [2.75, 3.05) is 18.2 Å². The average molecular weight is 503 g/mol. The minimum Gasteiger partial charge on any atom is -0.486 e. The van der Waals surface area contributed by atoms with E-state index >= 15 is 0 Å². The first-order valence-corrected chi connectivity index (χ1v) is 12.7. The highest BCUT2D eigenvalue weighted by Gasteiger charge is 2.19. The predicted octanol–water partition coefficient (Wildman–Crippen LogP) is 5.06. The minimum atomic E-state index is -0.476. The number of carbonyl (C=O) groups excluding carboxylic acids is 2. The number of aromatic nitrogens is 3. The molecule has 2 aromatic heterocycles. The van der Waals surface area contributed by atoms with Crippen LogP contribution >= 0.6 is 23.1 Å². The standard InChI is InChI=1S/C24H30N4O4S2/c1-7-28-19(13-32-17-10-8-16(9-11-17)24(3,4)5)26-27-23(28)33-14-20(29)25-21-18(22(30)31-6)12-15(2)34-21/h8-12H,7,13-14H2,1-6H3,(H,25,29). The van der Waals surface area contributed by atoms with Gasteiger partial charge in [0.25, 0.3) is 0 Å². The Bertz CT molecular complexity index is 1150. The fraction of sp³-hybridized carbons (Fsp3) is 0.417. The van der Waals surface area contributed by atoms with Crippen molar-refractivity contribution in [3.63, 3.8) is 0 Å². The molecule has 0 atom stereocenters. The largest absolute Gasteiger partial charge is 0.486 e. The van der Waals surface area contributed by atoms with Crippen LogP contribution in [-0.2, 0) is 28.1 Å². The number of nitrogens with zero attached hydrogens (tertiary/aromatic N) is 3. The van der Waals surface area contributed by atoms with Crippen LogP contribution in [-0.4, -0.2) is 39.5 Å². The molecule has 8 nitrogen and oxygen atoms in total. The molecule has 0 saturated heterocycles. The van der Waals surface area contributed by atoms with Gasteiger partial charge in [-0.2, -0.15) is 0 Å². The molecular weight excluding hydrogens is 472 g/mol. The number of aryl methyl sites for hydroxylation is 1. The first-order valence-electron chi connectivity index (χ1n) is 10.9. The second-order valence-electron chi connectivity index (χ2n) is 8.63. The third-order valence-electron chi connectivity index (χ3n) is 5.04. The Morgan fingerprint density at radius 2 is 1.88 bits per heavy atom. The predicted molar refractivity (Wildman–Crippen MR) is 135 cm³/mol. The SMILES string of the molecule is CCn1c(COc2ccc(C(C)(C)C)cc2)nnc1SCC(=O)Nc1sc(C)cc1C(=O)OC. The lowest BCUT2D eigenvalue weighted by atomic mass is 9.87. The van der Waals surface area contributed by atoms with E-state index in [0.29, 0.717) is 28.1 Å². The Kier molecular flexibility index (Phi) is 8.37. The van der Waals surface area contributed by atoms with E-state index in [0.717, 1.165) is 10.6 Å². The van der Waals surface area contributed by atoms with Gasteiger partial charge < -0.3 is 19.4 Å². The van der Waals surface area contributed by atoms with Crippen molar-refractivity contribution in [1.82, 2.24) is 14.8 Å². The Morgan fingerprint density at radius 3 is 2.50 bits per heavy atom. The molecule has 0 aliphatic heterocycles.